The molecule has 2 N–H and O–H groups in total. The fourth-order valence-corrected chi connectivity index (χ4v) is 3.85. The highest BCUT2D eigenvalue weighted by Gasteiger charge is 2.31. The molecule has 1 fully saturated rings. The number of thioether (sulfide) groups is 1. The highest BCUT2D eigenvalue weighted by Crippen LogP contribution is 2.26. The van der Waals surface area contributed by atoms with Crippen LogP contribution in [0.1, 0.15) is 32.6 Å². The van der Waals surface area contributed by atoms with E-state index >= 15 is 0 Å². The Morgan fingerprint density at radius 1 is 1.11 bits per heavy atom. The Hall–Kier alpha value is -2.80. The molecule has 0 aliphatic carbocycles. The van der Waals surface area contributed by atoms with Gasteiger partial charge in [-0.15, -0.1) is 0 Å². The number of rotatable bonds is 6. The van der Waals surface area contributed by atoms with Gasteiger partial charge in [-0.3, -0.25) is 19.7 Å². The van der Waals surface area contributed by atoms with Gasteiger partial charge in [0.1, 0.15) is 5.75 Å². The van der Waals surface area contributed by atoms with Crippen LogP contribution in [0.25, 0.3) is 0 Å². The van der Waals surface area contributed by atoms with Crippen LogP contribution in [-0.2, 0) is 17.8 Å². The lowest BCUT2D eigenvalue weighted by molar-refractivity contribution is -0.118. The SMILES string of the molecule is COc1ccc(CC2SC(=O)NC2=O)cc1C(=O)NCc1ccc(C)c(C)c1. The van der Waals surface area contributed by atoms with Crippen molar-refractivity contribution in [2.24, 2.45) is 0 Å². The highest BCUT2D eigenvalue weighted by molar-refractivity contribution is 8.15. The van der Waals surface area contributed by atoms with Gasteiger partial charge >= 0.3 is 0 Å². The normalized spacial score (nSPS) is 16.0. The molecule has 0 spiro atoms. The van der Waals surface area contributed by atoms with Gasteiger partial charge in [0.2, 0.25) is 5.91 Å². The molecule has 0 saturated carbocycles. The average molecular weight is 398 g/mol. The molecular formula is C21H22N2O4S. The number of methoxy groups -OCH3 is 1. The third-order valence-electron chi connectivity index (χ3n) is 4.72. The van der Waals surface area contributed by atoms with E-state index < -0.39 is 5.25 Å². The van der Waals surface area contributed by atoms with Gasteiger partial charge in [0.05, 0.1) is 17.9 Å². The Morgan fingerprint density at radius 3 is 2.50 bits per heavy atom. The van der Waals surface area contributed by atoms with Crippen molar-refractivity contribution < 1.29 is 19.1 Å². The summed E-state index contributed by atoms with van der Waals surface area (Å²) >= 11 is 0.971. The maximum atomic E-state index is 12.7. The molecule has 6 nitrogen and oxygen atoms in total. The predicted molar refractivity (Wildman–Crippen MR) is 109 cm³/mol. The summed E-state index contributed by atoms with van der Waals surface area (Å²) in [5.41, 5.74) is 4.59. The topological polar surface area (TPSA) is 84.5 Å². The van der Waals surface area contributed by atoms with Gasteiger partial charge in [0, 0.05) is 6.54 Å². The van der Waals surface area contributed by atoms with E-state index in [1.165, 1.54) is 18.2 Å². The number of hydrogen-bond acceptors (Lipinski definition) is 5. The second-order valence-electron chi connectivity index (χ2n) is 6.72. The van der Waals surface area contributed by atoms with Crippen molar-refractivity contribution in [1.29, 1.82) is 0 Å². The largest absolute Gasteiger partial charge is 0.496 e. The molecule has 1 heterocycles. The van der Waals surface area contributed by atoms with Crippen LogP contribution in [0.3, 0.4) is 0 Å². The summed E-state index contributed by atoms with van der Waals surface area (Å²) in [4.78, 5) is 35.9. The van der Waals surface area contributed by atoms with Crippen molar-refractivity contribution in [2.45, 2.75) is 32.1 Å². The number of carbonyl (C=O) groups is 3. The Kier molecular flexibility index (Phi) is 6.04. The zero-order valence-electron chi connectivity index (χ0n) is 16.0. The quantitative estimate of drug-likeness (QED) is 0.781. The summed E-state index contributed by atoms with van der Waals surface area (Å²) in [5.74, 6) is -0.0935. The Labute approximate surface area is 168 Å². The van der Waals surface area contributed by atoms with Gasteiger partial charge in [-0.2, -0.15) is 0 Å². The van der Waals surface area contributed by atoms with Crippen molar-refractivity contribution in [3.8, 4) is 5.75 Å². The minimum absolute atomic E-state index is 0.253. The lowest BCUT2D eigenvalue weighted by Crippen LogP contribution is -2.26. The molecule has 1 saturated heterocycles. The summed E-state index contributed by atoms with van der Waals surface area (Å²) in [6.07, 6.45) is 0.365. The summed E-state index contributed by atoms with van der Waals surface area (Å²) in [6.45, 7) is 4.49. The van der Waals surface area contributed by atoms with E-state index in [9.17, 15) is 14.4 Å². The number of benzene rings is 2. The molecular weight excluding hydrogens is 376 g/mol. The lowest BCUT2D eigenvalue weighted by Gasteiger charge is -2.13. The molecule has 7 heteroatoms. The standard InChI is InChI=1S/C21H22N2O4S/c1-12-4-5-15(8-13(12)2)11-22-19(24)16-9-14(6-7-17(16)27-3)10-18-20(25)23-21(26)28-18/h4-9,18H,10-11H2,1-3H3,(H,22,24)(H,23,25,26). The molecule has 3 amide bonds. The van der Waals surface area contributed by atoms with Gasteiger partial charge in [-0.05, 0) is 54.7 Å². The Morgan fingerprint density at radius 2 is 1.86 bits per heavy atom. The zero-order valence-corrected chi connectivity index (χ0v) is 16.8. The van der Waals surface area contributed by atoms with E-state index in [1.54, 1.807) is 18.2 Å². The molecule has 1 aliphatic rings. The smallest absolute Gasteiger partial charge is 0.286 e. The predicted octanol–water partition coefficient (Wildman–Crippen LogP) is 3.14. The fourth-order valence-electron chi connectivity index (χ4n) is 2.99. The van der Waals surface area contributed by atoms with Crippen molar-refractivity contribution in [1.82, 2.24) is 10.6 Å². The first kappa shape index (κ1) is 19.9. The van der Waals surface area contributed by atoms with E-state index in [2.05, 4.69) is 16.7 Å². The van der Waals surface area contributed by atoms with Gasteiger partial charge in [0.25, 0.3) is 11.1 Å². The molecule has 0 radical (unpaired) electrons. The molecule has 1 aliphatic heterocycles. The maximum Gasteiger partial charge on any atom is 0.286 e. The molecule has 0 bridgehead atoms. The van der Waals surface area contributed by atoms with Crippen LogP contribution in [0.5, 0.6) is 5.75 Å². The number of aryl methyl sites for hydroxylation is 2. The number of hydrogen-bond donors (Lipinski definition) is 2. The molecule has 0 aromatic heterocycles. The van der Waals surface area contributed by atoms with Gasteiger partial charge in [-0.25, -0.2) is 0 Å². The first-order valence-corrected chi connectivity index (χ1v) is 9.78. The first-order chi connectivity index (χ1) is 13.4. The number of imide groups is 1. The minimum atomic E-state index is -0.479. The molecule has 1 atom stereocenters. The lowest BCUT2D eigenvalue weighted by atomic mass is 10.0. The summed E-state index contributed by atoms with van der Waals surface area (Å²) in [7, 11) is 1.51. The average Bonchev–Trinajstić information content (AvgIpc) is 2.99. The van der Waals surface area contributed by atoms with E-state index in [0.29, 0.717) is 24.3 Å². The Bertz CT molecular complexity index is 942. The molecule has 2 aromatic rings. The summed E-state index contributed by atoms with van der Waals surface area (Å²) in [5, 5.41) is 4.37. The zero-order chi connectivity index (χ0) is 20.3. The molecule has 2 aromatic carbocycles. The molecule has 3 rings (SSSR count). The maximum absolute atomic E-state index is 12.7. The molecule has 28 heavy (non-hydrogen) atoms. The van der Waals surface area contributed by atoms with E-state index in [0.717, 1.165) is 22.9 Å². The van der Waals surface area contributed by atoms with Crippen molar-refractivity contribution in [2.75, 3.05) is 7.11 Å². The summed E-state index contributed by atoms with van der Waals surface area (Å²) in [6, 6.07) is 11.3. The number of ether oxygens (including phenoxy) is 1. The second kappa shape index (κ2) is 8.48. The third kappa shape index (κ3) is 4.54. The van der Waals surface area contributed by atoms with Crippen LogP contribution in [0.15, 0.2) is 36.4 Å². The summed E-state index contributed by atoms with van der Waals surface area (Å²) < 4.78 is 5.32. The fraction of sp³-hybridized carbons (Fsp3) is 0.286. The van der Waals surface area contributed by atoms with Crippen molar-refractivity contribution in [3.63, 3.8) is 0 Å². The molecule has 1 unspecified atom stereocenters. The van der Waals surface area contributed by atoms with Crippen LogP contribution >= 0.6 is 11.8 Å². The third-order valence-corrected chi connectivity index (χ3v) is 5.70. The van der Waals surface area contributed by atoms with Gasteiger partial charge < -0.3 is 10.1 Å². The van der Waals surface area contributed by atoms with E-state index in [4.69, 9.17) is 4.74 Å². The number of amides is 3. The van der Waals surface area contributed by atoms with E-state index in [-0.39, 0.29) is 17.1 Å². The second-order valence-corrected chi connectivity index (χ2v) is 7.90. The van der Waals surface area contributed by atoms with Crippen LogP contribution < -0.4 is 15.4 Å². The molecule has 146 valence electrons. The van der Waals surface area contributed by atoms with Crippen molar-refractivity contribution >= 4 is 28.8 Å². The minimum Gasteiger partial charge on any atom is -0.496 e. The highest BCUT2D eigenvalue weighted by atomic mass is 32.2. The monoisotopic (exact) mass is 398 g/mol. The van der Waals surface area contributed by atoms with Crippen molar-refractivity contribution in [3.05, 3.63) is 64.2 Å². The number of carbonyl (C=O) groups excluding carboxylic acids is 3. The number of nitrogens with one attached hydrogen (secondary N) is 2. The first-order valence-electron chi connectivity index (χ1n) is 8.90. The van der Waals surface area contributed by atoms with Gasteiger partial charge in [-0.1, -0.05) is 36.0 Å². The Balaban J connectivity index is 1.73. The van der Waals surface area contributed by atoms with Crippen LogP contribution in [-0.4, -0.2) is 29.4 Å². The van der Waals surface area contributed by atoms with Crippen LogP contribution in [0.2, 0.25) is 0 Å². The van der Waals surface area contributed by atoms with E-state index in [1.807, 2.05) is 26.0 Å². The van der Waals surface area contributed by atoms with Gasteiger partial charge in [0.15, 0.2) is 0 Å². The van der Waals surface area contributed by atoms with Crippen LogP contribution in [0.4, 0.5) is 4.79 Å². The van der Waals surface area contributed by atoms with Crippen LogP contribution in [0, 0.1) is 13.8 Å².